The van der Waals surface area contributed by atoms with Crippen LogP contribution in [0.4, 0.5) is 18.9 Å². The first-order valence-electron chi connectivity index (χ1n) is 6.02. The summed E-state index contributed by atoms with van der Waals surface area (Å²) in [6.07, 6.45) is -4.42. The van der Waals surface area contributed by atoms with Gasteiger partial charge in [-0.15, -0.1) is 0 Å². The van der Waals surface area contributed by atoms with Gasteiger partial charge in [-0.2, -0.15) is 13.2 Å². The standard InChI is InChI=1S/C15H11ClF3NO/c1-9-2-7-12(16)8-13(9)20-14(21)10-3-5-11(6-4-10)15(17,18)19/h2-8H,1H3,(H,20,21). The summed E-state index contributed by atoms with van der Waals surface area (Å²) in [7, 11) is 0. The number of hydrogen-bond donors (Lipinski definition) is 1. The van der Waals surface area contributed by atoms with Gasteiger partial charge < -0.3 is 5.32 Å². The third kappa shape index (κ3) is 3.76. The zero-order valence-electron chi connectivity index (χ0n) is 11.0. The Kier molecular flexibility index (Phi) is 4.23. The molecule has 0 fully saturated rings. The van der Waals surface area contributed by atoms with Crippen molar-refractivity contribution in [3.63, 3.8) is 0 Å². The van der Waals surface area contributed by atoms with Crippen LogP contribution in [0.2, 0.25) is 5.02 Å². The molecule has 110 valence electrons. The number of nitrogens with one attached hydrogen (secondary N) is 1. The van der Waals surface area contributed by atoms with E-state index >= 15 is 0 Å². The third-order valence-corrected chi connectivity index (χ3v) is 3.16. The Balaban J connectivity index is 2.19. The van der Waals surface area contributed by atoms with E-state index in [1.165, 1.54) is 0 Å². The fourth-order valence-electron chi connectivity index (χ4n) is 1.73. The van der Waals surface area contributed by atoms with Crippen LogP contribution < -0.4 is 5.32 Å². The molecule has 0 saturated heterocycles. The van der Waals surface area contributed by atoms with Gasteiger partial charge in [0.05, 0.1) is 5.56 Å². The fourth-order valence-corrected chi connectivity index (χ4v) is 1.91. The molecule has 0 heterocycles. The summed E-state index contributed by atoms with van der Waals surface area (Å²) in [4.78, 5) is 12.0. The molecule has 1 N–H and O–H groups in total. The molecule has 0 bridgehead atoms. The Hall–Kier alpha value is -2.01. The van der Waals surface area contributed by atoms with E-state index in [4.69, 9.17) is 11.6 Å². The monoisotopic (exact) mass is 313 g/mol. The highest BCUT2D eigenvalue weighted by molar-refractivity contribution is 6.31. The summed E-state index contributed by atoms with van der Waals surface area (Å²) in [5, 5.41) is 3.08. The van der Waals surface area contributed by atoms with E-state index in [2.05, 4.69) is 5.32 Å². The van der Waals surface area contributed by atoms with Gasteiger partial charge in [-0.3, -0.25) is 4.79 Å². The second-order valence-electron chi connectivity index (χ2n) is 4.49. The van der Waals surface area contributed by atoms with Crippen LogP contribution in [0, 0.1) is 6.92 Å². The lowest BCUT2D eigenvalue weighted by Crippen LogP contribution is -2.13. The van der Waals surface area contributed by atoms with Crippen molar-refractivity contribution in [3.8, 4) is 0 Å². The first-order chi connectivity index (χ1) is 9.77. The van der Waals surface area contributed by atoms with Gasteiger partial charge in [0.2, 0.25) is 0 Å². The number of benzene rings is 2. The highest BCUT2D eigenvalue weighted by Gasteiger charge is 2.30. The predicted octanol–water partition coefficient (Wildman–Crippen LogP) is 4.92. The first kappa shape index (κ1) is 15.4. The smallest absolute Gasteiger partial charge is 0.322 e. The minimum Gasteiger partial charge on any atom is -0.322 e. The molecule has 0 radical (unpaired) electrons. The quantitative estimate of drug-likeness (QED) is 0.837. The highest BCUT2D eigenvalue weighted by atomic mass is 35.5. The van der Waals surface area contributed by atoms with Gasteiger partial charge in [0.25, 0.3) is 5.91 Å². The van der Waals surface area contributed by atoms with E-state index in [0.29, 0.717) is 10.7 Å². The van der Waals surface area contributed by atoms with Crippen LogP contribution in [0.5, 0.6) is 0 Å². The van der Waals surface area contributed by atoms with Crippen LogP contribution in [0.15, 0.2) is 42.5 Å². The van der Waals surface area contributed by atoms with Crippen molar-refractivity contribution in [2.75, 3.05) is 5.32 Å². The van der Waals surface area contributed by atoms with Gasteiger partial charge in [-0.05, 0) is 48.9 Å². The molecule has 0 unspecified atom stereocenters. The molecular weight excluding hydrogens is 303 g/mol. The van der Waals surface area contributed by atoms with Gasteiger partial charge in [0.15, 0.2) is 0 Å². The van der Waals surface area contributed by atoms with Crippen molar-refractivity contribution in [2.24, 2.45) is 0 Å². The average molecular weight is 314 g/mol. The van der Waals surface area contributed by atoms with E-state index in [-0.39, 0.29) is 5.56 Å². The van der Waals surface area contributed by atoms with Crippen molar-refractivity contribution in [1.82, 2.24) is 0 Å². The van der Waals surface area contributed by atoms with E-state index in [1.807, 2.05) is 0 Å². The largest absolute Gasteiger partial charge is 0.416 e. The lowest BCUT2D eigenvalue weighted by atomic mass is 10.1. The second-order valence-corrected chi connectivity index (χ2v) is 4.92. The van der Waals surface area contributed by atoms with E-state index < -0.39 is 17.6 Å². The number of rotatable bonds is 2. The fraction of sp³-hybridized carbons (Fsp3) is 0.133. The van der Waals surface area contributed by atoms with E-state index in [1.54, 1.807) is 25.1 Å². The molecule has 2 rings (SSSR count). The number of hydrogen-bond acceptors (Lipinski definition) is 1. The Morgan fingerprint density at radius 1 is 1.10 bits per heavy atom. The normalized spacial score (nSPS) is 11.3. The molecule has 0 aliphatic carbocycles. The minimum absolute atomic E-state index is 0.141. The van der Waals surface area contributed by atoms with Gasteiger partial charge in [-0.25, -0.2) is 0 Å². The molecule has 0 saturated carbocycles. The van der Waals surface area contributed by atoms with Crippen molar-refractivity contribution in [3.05, 3.63) is 64.2 Å². The summed E-state index contributed by atoms with van der Waals surface area (Å²) in [5.74, 6) is -0.492. The van der Waals surface area contributed by atoms with Crippen LogP contribution in [0.25, 0.3) is 0 Å². The molecule has 2 aromatic rings. The van der Waals surface area contributed by atoms with Crippen LogP contribution in [0.3, 0.4) is 0 Å². The van der Waals surface area contributed by atoms with E-state index in [0.717, 1.165) is 29.8 Å². The topological polar surface area (TPSA) is 29.1 Å². The van der Waals surface area contributed by atoms with Crippen LogP contribution in [-0.2, 0) is 6.18 Å². The van der Waals surface area contributed by atoms with Crippen LogP contribution >= 0.6 is 11.6 Å². The maximum atomic E-state index is 12.4. The Labute approximate surface area is 124 Å². The van der Waals surface area contributed by atoms with Crippen molar-refractivity contribution in [1.29, 1.82) is 0 Å². The van der Waals surface area contributed by atoms with Crippen LogP contribution in [0.1, 0.15) is 21.5 Å². The molecule has 2 aromatic carbocycles. The lowest BCUT2D eigenvalue weighted by Gasteiger charge is -2.10. The average Bonchev–Trinajstić information content (AvgIpc) is 2.42. The van der Waals surface area contributed by atoms with Crippen molar-refractivity contribution in [2.45, 2.75) is 13.1 Å². The Bertz CT molecular complexity index is 666. The first-order valence-corrected chi connectivity index (χ1v) is 6.40. The zero-order chi connectivity index (χ0) is 15.6. The Morgan fingerprint density at radius 2 is 1.71 bits per heavy atom. The zero-order valence-corrected chi connectivity index (χ0v) is 11.7. The maximum absolute atomic E-state index is 12.4. The molecule has 0 aliphatic heterocycles. The molecule has 21 heavy (non-hydrogen) atoms. The second kappa shape index (κ2) is 5.77. The van der Waals surface area contributed by atoms with Gasteiger partial charge in [0, 0.05) is 16.3 Å². The molecule has 2 nitrogen and oxygen atoms in total. The molecule has 1 amide bonds. The van der Waals surface area contributed by atoms with E-state index in [9.17, 15) is 18.0 Å². The van der Waals surface area contributed by atoms with Crippen LogP contribution in [-0.4, -0.2) is 5.91 Å². The molecular formula is C15H11ClF3NO. The minimum atomic E-state index is -4.42. The Morgan fingerprint density at radius 3 is 2.29 bits per heavy atom. The summed E-state index contributed by atoms with van der Waals surface area (Å²) in [5.41, 5.74) is 0.674. The molecule has 0 aliphatic rings. The van der Waals surface area contributed by atoms with Gasteiger partial charge in [0.1, 0.15) is 0 Å². The van der Waals surface area contributed by atoms with Gasteiger partial charge >= 0.3 is 6.18 Å². The summed E-state index contributed by atoms with van der Waals surface area (Å²) in [6, 6.07) is 9.03. The summed E-state index contributed by atoms with van der Waals surface area (Å²) < 4.78 is 37.3. The predicted molar refractivity (Wildman–Crippen MR) is 75.6 cm³/mol. The lowest BCUT2D eigenvalue weighted by molar-refractivity contribution is -0.137. The number of carbonyl (C=O) groups excluding carboxylic acids is 1. The molecule has 0 aromatic heterocycles. The highest BCUT2D eigenvalue weighted by Crippen LogP contribution is 2.29. The maximum Gasteiger partial charge on any atom is 0.416 e. The molecule has 0 atom stereocenters. The number of amides is 1. The van der Waals surface area contributed by atoms with Crippen molar-refractivity contribution < 1.29 is 18.0 Å². The summed E-state index contributed by atoms with van der Waals surface area (Å²) in [6.45, 7) is 1.79. The number of anilines is 1. The molecule has 6 heteroatoms. The number of aryl methyl sites for hydroxylation is 1. The third-order valence-electron chi connectivity index (χ3n) is 2.92. The van der Waals surface area contributed by atoms with Gasteiger partial charge in [-0.1, -0.05) is 17.7 Å². The number of carbonyl (C=O) groups is 1. The van der Waals surface area contributed by atoms with Crippen molar-refractivity contribution >= 4 is 23.2 Å². The number of halogens is 4. The molecule has 0 spiro atoms. The number of alkyl halides is 3. The summed E-state index contributed by atoms with van der Waals surface area (Å²) >= 11 is 5.84. The SMILES string of the molecule is Cc1ccc(Cl)cc1NC(=O)c1ccc(C(F)(F)F)cc1.